The van der Waals surface area contributed by atoms with Gasteiger partial charge in [0.05, 0.1) is 7.11 Å². The highest BCUT2D eigenvalue weighted by molar-refractivity contribution is 9.10. The van der Waals surface area contributed by atoms with Crippen molar-refractivity contribution in [2.24, 2.45) is 0 Å². The average molecular weight is 268 g/mol. The highest BCUT2D eigenvalue weighted by atomic mass is 79.9. The lowest BCUT2D eigenvalue weighted by Crippen LogP contribution is -1.98. The number of thiazole rings is 1. The Hall–Kier alpha value is -0.0700. The molecule has 0 amide bonds. The Balaban J connectivity index is 2.99. The van der Waals surface area contributed by atoms with Crippen molar-refractivity contribution >= 4 is 45.0 Å². The highest BCUT2D eigenvalue weighted by Crippen LogP contribution is 2.29. The fourth-order valence-corrected chi connectivity index (χ4v) is 2.78. The molecule has 0 unspecified atom stereocenters. The first-order valence-corrected chi connectivity index (χ1v) is 5.81. The van der Waals surface area contributed by atoms with Crippen LogP contribution in [0.25, 0.3) is 0 Å². The molecular formula is C6H6BrNO2S2. The first-order valence-electron chi connectivity index (χ1n) is 2.97. The minimum atomic E-state index is -0.348. The summed E-state index contributed by atoms with van der Waals surface area (Å²) in [6.07, 6.45) is 1.91. The largest absolute Gasteiger partial charge is 0.465 e. The first-order chi connectivity index (χ1) is 5.69. The predicted molar refractivity (Wildman–Crippen MR) is 52.9 cm³/mol. The first kappa shape index (κ1) is 10.0. The molecule has 0 N–H and O–H groups in total. The zero-order valence-electron chi connectivity index (χ0n) is 6.46. The third-order valence-electron chi connectivity index (χ3n) is 1.11. The van der Waals surface area contributed by atoms with E-state index in [1.54, 1.807) is 0 Å². The Morgan fingerprint density at radius 3 is 2.83 bits per heavy atom. The summed E-state index contributed by atoms with van der Waals surface area (Å²) in [5.74, 6) is -0.348. The Morgan fingerprint density at radius 1 is 1.75 bits per heavy atom. The number of rotatable bonds is 2. The molecule has 12 heavy (non-hydrogen) atoms. The summed E-state index contributed by atoms with van der Waals surface area (Å²) < 4.78 is 5.98. The van der Waals surface area contributed by atoms with Crippen LogP contribution in [-0.4, -0.2) is 24.3 Å². The molecule has 0 fully saturated rings. The molecule has 0 spiro atoms. The summed E-state index contributed by atoms with van der Waals surface area (Å²) in [6.45, 7) is 0. The molecule has 0 radical (unpaired) electrons. The van der Waals surface area contributed by atoms with Gasteiger partial charge in [-0.05, 0) is 22.2 Å². The molecular weight excluding hydrogens is 262 g/mol. The van der Waals surface area contributed by atoms with Gasteiger partial charge in [-0.3, -0.25) is 0 Å². The van der Waals surface area contributed by atoms with Crippen LogP contribution in [0.3, 0.4) is 0 Å². The van der Waals surface area contributed by atoms with Crippen LogP contribution in [0.2, 0.25) is 0 Å². The molecule has 0 aliphatic carbocycles. The van der Waals surface area contributed by atoms with Crippen molar-refractivity contribution in [3.8, 4) is 0 Å². The normalized spacial score (nSPS) is 9.92. The molecule has 1 heterocycles. The summed E-state index contributed by atoms with van der Waals surface area (Å²) in [7, 11) is 1.35. The van der Waals surface area contributed by atoms with Crippen molar-refractivity contribution in [3.05, 3.63) is 9.48 Å². The van der Waals surface area contributed by atoms with Crippen molar-refractivity contribution in [2.75, 3.05) is 13.4 Å². The van der Waals surface area contributed by atoms with Crippen LogP contribution in [0.4, 0.5) is 0 Å². The molecule has 0 aliphatic heterocycles. The van der Waals surface area contributed by atoms with Crippen molar-refractivity contribution in [1.82, 2.24) is 4.98 Å². The van der Waals surface area contributed by atoms with Gasteiger partial charge in [0.1, 0.15) is 9.48 Å². The fourth-order valence-electron chi connectivity index (χ4n) is 0.589. The minimum absolute atomic E-state index is 0.348. The highest BCUT2D eigenvalue weighted by Gasteiger charge is 2.15. The predicted octanol–water partition coefficient (Wildman–Crippen LogP) is 2.41. The van der Waals surface area contributed by atoms with E-state index in [1.807, 2.05) is 6.26 Å². The van der Waals surface area contributed by atoms with Gasteiger partial charge in [-0.25, -0.2) is 9.78 Å². The number of thioether (sulfide) groups is 1. The van der Waals surface area contributed by atoms with Gasteiger partial charge in [0.2, 0.25) is 0 Å². The van der Waals surface area contributed by atoms with Gasteiger partial charge in [-0.1, -0.05) is 23.1 Å². The molecule has 66 valence electrons. The van der Waals surface area contributed by atoms with Crippen molar-refractivity contribution in [1.29, 1.82) is 0 Å². The molecule has 0 aromatic carbocycles. The summed E-state index contributed by atoms with van der Waals surface area (Å²) in [6, 6.07) is 0. The quantitative estimate of drug-likeness (QED) is 0.610. The number of hydrogen-bond acceptors (Lipinski definition) is 5. The maximum Gasteiger partial charge on any atom is 0.350 e. The van der Waals surface area contributed by atoms with Crippen LogP contribution in [0, 0.1) is 0 Å². The topological polar surface area (TPSA) is 39.2 Å². The third-order valence-corrected chi connectivity index (χ3v) is 3.97. The lowest BCUT2D eigenvalue weighted by Gasteiger charge is -1.92. The Labute approximate surface area is 86.7 Å². The molecule has 3 nitrogen and oxygen atoms in total. The second-order valence-electron chi connectivity index (χ2n) is 1.80. The van der Waals surface area contributed by atoms with Crippen molar-refractivity contribution in [3.63, 3.8) is 0 Å². The van der Waals surface area contributed by atoms with Gasteiger partial charge < -0.3 is 4.74 Å². The van der Waals surface area contributed by atoms with E-state index < -0.39 is 0 Å². The van der Waals surface area contributed by atoms with Gasteiger partial charge in [-0.15, -0.1) is 0 Å². The van der Waals surface area contributed by atoms with Crippen LogP contribution in [0.1, 0.15) is 9.67 Å². The van der Waals surface area contributed by atoms with E-state index in [-0.39, 0.29) is 5.97 Å². The zero-order chi connectivity index (χ0) is 9.14. The van der Waals surface area contributed by atoms with Gasteiger partial charge in [0, 0.05) is 0 Å². The molecule has 1 aromatic rings. The maximum absolute atomic E-state index is 11.1. The van der Waals surface area contributed by atoms with Gasteiger partial charge >= 0.3 is 5.97 Å². The fraction of sp³-hybridized carbons (Fsp3) is 0.333. The van der Waals surface area contributed by atoms with Gasteiger partial charge in [0.25, 0.3) is 0 Å². The van der Waals surface area contributed by atoms with E-state index >= 15 is 0 Å². The lowest BCUT2D eigenvalue weighted by molar-refractivity contribution is 0.0605. The maximum atomic E-state index is 11.1. The van der Waals surface area contributed by atoms with Gasteiger partial charge in [-0.2, -0.15) is 0 Å². The average Bonchev–Trinajstić information content (AvgIpc) is 2.45. The van der Waals surface area contributed by atoms with Crippen LogP contribution < -0.4 is 0 Å². The molecule has 0 aliphatic rings. The summed E-state index contributed by atoms with van der Waals surface area (Å²) in [5, 5.41) is 0. The Kier molecular flexibility index (Phi) is 3.54. The van der Waals surface area contributed by atoms with Gasteiger partial charge in [0.15, 0.2) is 4.34 Å². The molecule has 6 heteroatoms. The number of aromatic nitrogens is 1. The molecule has 1 rings (SSSR count). The molecule has 0 saturated heterocycles. The molecule has 0 atom stereocenters. The number of ether oxygens (including phenoxy) is 1. The number of esters is 1. The third kappa shape index (κ3) is 1.99. The standard InChI is InChI=1S/C6H6BrNO2S2/c1-10-5(9)3-4(7)8-6(11-2)12-3/h1-2H3. The van der Waals surface area contributed by atoms with Crippen LogP contribution in [0.15, 0.2) is 8.94 Å². The number of halogens is 1. The Morgan fingerprint density at radius 2 is 2.42 bits per heavy atom. The Bertz CT molecular complexity index is 300. The van der Waals surface area contributed by atoms with E-state index in [4.69, 9.17) is 0 Å². The van der Waals surface area contributed by atoms with Crippen molar-refractivity contribution < 1.29 is 9.53 Å². The van der Waals surface area contributed by atoms with E-state index in [9.17, 15) is 4.79 Å². The SMILES string of the molecule is COC(=O)c1sc(SC)nc1Br. The van der Waals surface area contributed by atoms with Crippen LogP contribution in [0.5, 0.6) is 0 Å². The van der Waals surface area contributed by atoms with Crippen LogP contribution in [-0.2, 0) is 4.74 Å². The molecule has 0 saturated carbocycles. The number of hydrogen-bond donors (Lipinski definition) is 0. The van der Waals surface area contributed by atoms with Crippen molar-refractivity contribution in [2.45, 2.75) is 4.34 Å². The van der Waals surface area contributed by atoms with E-state index in [2.05, 4.69) is 25.7 Å². The smallest absolute Gasteiger partial charge is 0.350 e. The monoisotopic (exact) mass is 267 g/mol. The molecule has 0 bridgehead atoms. The number of nitrogens with zero attached hydrogens (tertiary/aromatic N) is 1. The number of carbonyl (C=O) groups excluding carboxylic acids is 1. The second kappa shape index (κ2) is 4.25. The van der Waals surface area contributed by atoms with E-state index in [1.165, 1.54) is 30.2 Å². The molecule has 1 aromatic heterocycles. The van der Waals surface area contributed by atoms with E-state index in [0.29, 0.717) is 9.48 Å². The summed E-state index contributed by atoms with van der Waals surface area (Å²) in [4.78, 5) is 15.7. The lowest BCUT2D eigenvalue weighted by atomic mass is 10.6. The zero-order valence-corrected chi connectivity index (χ0v) is 9.68. The second-order valence-corrected chi connectivity index (χ2v) is 4.60. The summed E-state index contributed by atoms with van der Waals surface area (Å²) in [5.41, 5.74) is 0. The number of methoxy groups -OCH3 is 1. The number of carbonyl (C=O) groups is 1. The minimum Gasteiger partial charge on any atom is -0.465 e. The summed E-state index contributed by atoms with van der Waals surface area (Å²) >= 11 is 6.01. The van der Waals surface area contributed by atoms with E-state index in [0.717, 1.165) is 4.34 Å². The van der Waals surface area contributed by atoms with Crippen LogP contribution >= 0.6 is 39.0 Å².